The number of carbonyl (C=O) groups is 3. The summed E-state index contributed by atoms with van der Waals surface area (Å²) in [6, 6.07) is -0.746. The Bertz CT molecular complexity index is 562. The number of ether oxygens (including phenoxy) is 2. The van der Waals surface area contributed by atoms with Crippen LogP contribution in [0.5, 0.6) is 0 Å². The molecule has 0 radical (unpaired) electrons. The third kappa shape index (κ3) is 10.9. The van der Waals surface area contributed by atoms with Crippen molar-refractivity contribution in [3.63, 3.8) is 0 Å². The minimum atomic E-state index is -0.746. The fourth-order valence-electron chi connectivity index (χ4n) is 3.73. The minimum absolute atomic E-state index is 0.140. The first-order valence-corrected chi connectivity index (χ1v) is 11.0. The topological polar surface area (TPSA) is 131 Å². The summed E-state index contributed by atoms with van der Waals surface area (Å²) in [7, 11) is 1.58. The van der Waals surface area contributed by atoms with Crippen molar-refractivity contribution in [3.05, 3.63) is 0 Å². The first-order valence-electron chi connectivity index (χ1n) is 11.0. The first kappa shape index (κ1) is 29.3. The minimum Gasteiger partial charge on any atom is -0.382 e. The van der Waals surface area contributed by atoms with Crippen LogP contribution >= 0.6 is 0 Å². The van der Waals surface area contributed by atoms with Crippen molar-refractivity contribution in [2.45, 2.75) is 66.8 Å². The molecule has 0 aromatic heterocycles. The van der Waals surface area contributed by atoms with E-state index in [1.807, 2.05) is 41.5 Å². The zero-order valence-electron chi connectivity index (χ0n) is 20.3. The van der Waals surface area contributed by atoms with Gasteiger partial charge in [-0.05, 0) is 24.2 Å². The molecular formula is C22H43N3O6. The Morgan fingerprint density at radius 3 is 2.19 bits per heavy atom. The highest BCUT2D eigenvalue weighted by atomic mass is 16.5. The maximum absolute atomic E-state index is 13.0. The lowest BCUT2D eigenvalue weighted by atomic mass is 9.74. The number of methoxy groups -OCH3 is 1. The molecule has 0 bridgehead atoms. The summed E-state index contributed by atoms with van der Waals surface area (Å²) in [6.07, 6.45) is 0.642. The second kappa shape index (κ2) is 14.4. The SMILES string of the molecule is CCC([C@@H](C(=O)NCCOCCOC)C(C)(C)C)N(O)C(=O)[C@@H](CC(N)=O)CC(C)C. The molecule has 9 heteroatoms. The molecule has 182 valence electrons. The molecule has 0 saturated heterocycles. The number of nitrogens with one attached hydrogen (secondary N) is 1. The summed E-state index contributed by atoms with van der Waals surface area (Å²) in [5.74, 6) is -2.70. The van der Waals surface area contributed by atoms with E-state index < -0.39 is 35.1 Å². The van der Waals surface area contributed by atoms with Gasteiger partial charge in [-0.1, -0.05) is 41.5 Å². The molecule has 3 atom stereocenters. The summed E-state index contributed by atoms with van der Waals surface area (Å²) in [6.45, 7) is 12.9. The Balaban J connectivity index is 5.41. The number of nitrogens with two attached hydrogens (primary N) is 1. The molecule has 0 saturated carbocycles. The molecule has 1 unspecified atom stereocenters. The largest absolute Gasteiger partial charge is 0.382 e. The maximum Gasteiger partial charge on any atom is 0.249 e. The van der Waals surface area contributed by atoms with E-state index in [1.54, 1.807) is 7.11 Å². The van der Waals surface area contributed by atoms with Crippen molar-refractivity contribution >= 4 is 17.7 Å². The van der Waals surface area contributed by atoms with Crippen LogP contribution in [0.25, 0.3) is 0 Å². The predicted octanol–water partition coefficient (Wildman–Crippen LogP) is 1.96. The number of hydrogen-bond acceptors (Lipinski definition) is 6. The van der Waals surface area contributed by atoms with Crippen molar-refractivity contribution < 1.29 is 29.1 Å². The van der Waals surface area contributed by atoms with E-state index in [0.29, 0.717) is 44.3 Å². The van der Waals surface area contributed by atoms with Crippen molar-refractivity contribution in [1.29, 1.82) is 0 Å². The summed E-state index contributed by atoms with van der Waals surface area (Å²) in [5.41, 5.74) is 4.79. The van der Waals surface area contributed by atoms with E-state index in [0.717, 1.165) is 0 Å². The predicted molar refractivity (Wildman–Crippen MR) is 118 cm³/mol. The van der Waals surface area contributed by atoms with Gasteiger partial charge >= 0.3 is 0 Å². The van der Waals surface area contributed by atoms with Crippen LogP contribution < -0.4 is 11.1 Å². The highest BCUT2D eigenvalue weighted by molar-refractivity contribution is 5.86. The second-order valence-corrected chi connectivity index (χ2v) is 9.40. The van der Waals surface area contributed by atoms with Gasteiger partial charge in [0.15, 0.2) is 0 Å². The van der Waals surface area contributed by atoms with Gasteiger partial charge in [0.25, 0.3) is 0 Å². The van der Waals surface area contributed by atoms with E-state index in [2.05, 4.69) is 5.32 Å². The van der Waals surface area contributed by atoms with Crippen molar-refractivity contribution in [3.8, 4) is 0 Å². The highest BCUT2D eigenvalue weighted by Crippen LogP contribution is 2.33. The van der Waals surface area contributed by atoms with E-state index >= 15 is 0 Å². The van der Waals surface area contributed by atoms with Crippen molar-refractivity contribution in [2.75, 3.05) is 33.5 Å². The number of nitrogens with zero attached hydrogens (tertiary/aromatic N) is 1. The number of carbonyl (C=O) groups excluding carboxylic acids is 3. The van der Waals surface area contributed by atoms with Crippen LogP contribution in [-0.2, 0) is 23.9 Å². The van der Waals surface area contributed by atoms with Gasteiger partial charge in [-0.3, -0.25) is 19.6 Å². The van der Waals surface area contributed by atoms with E-state index in [4.69, 9.17) is 15.2 Å². The molecule has 0 spiro atoms. The third-order valence-corrected chi connectivity index (χ3v) is 5.09. The summed E-state index contributed by atoms with van der Waals surface area (Å²) >= 11 is 0. The molecule has 9 nitrogen and oxygen atoms in total. The van der Waals surface area contributed by atoms with Gasteiger partial charge in [0.1, 0.15) is 0 Å². The van der Waals surface area contributed by atoms with E-state index in [9.17, 15) is 19.6 Å². The Morgan fingerprint density at radius 2 is 1.74 bits per heavy atom. The lowest BCUT2D eigenvalue weighted by molar-refractivity contribution is -0.191. The quantitative estimate of drug-likeness (QED) is 0.201. The smallest absolute Gasteiger partial charge is 0.249 e. The summed E-state index contributed by atoms with van der Waals surface area (Å²) in [4.78, 5) is 37.5. The zero-order valence-corrected chi connectivity index (χ0v) is 20.3. The lowest BCUT2D eigenvalue weighted by Crippen LogP contribution is -2.54. The van der Waals surface area contributed by atoms with Gasteiger partial charge in [0.2, 0.25) is 17.7 Å². The highest BCUT2D eigenvalue weighted by Gasteiger charge is 2.42. The Morgan fingerprint density at radius 1 is 1.13 bits per heavy atom. The summed E-state index contributed by atoms with van der Waals surface area (Å²) < 4.78 is 10.3. The molecule has 0 aliphatic carbocycles. The maximum atomic E-state index is 13.0. The second-order valence-electron chi connectivity index (χ2n) is 9.40. The molecule has 4 N–H and O–H groups in total. The van der Waals surface area contributed by atoms with E-state index in [1.165, 1.54) is 0 Å². The molecule has 0 heterocycles. The fourth-order valence-corrected chi connectivity index (χ4v) is 3.73. The average Bonchev–Trinajstić information content (AvgIpc) is 2.65. The molecular weight excluding hydrogens is 402 g/mol. The van der Waals surface area contributed by atoms with Gasteiger partial charge in [-0.15, -0.1) is 0 Å². The van der Waals surface area contributed by atoms with Gasteiger partial charge in [0.05, 0.1) is 31.8 Å². The van der Waals surface area contributed by atoms with Crippen LogP contribution in [0.15, 0.2) is 0 Å². The number of rotatable bonds is 15. The van der Waals surface area contributed by atoms with Crippen molar-refractivity contribution in [1.82, 2.24) is 10.4 Å². The molecule has 0 fully saturated rings. The fraction of sp³-hybridized carbons (Fsp3) is 0.864. The Kier molecular flexibility index (Phi) is 13.6. The lowest BCUT2D eigenvalue weighted by Gasteiger charge is -2.39. The van der Waals surface area contributed by atoms with Gasteiger partial charge in [0, 0.05) is 26.0 Å². The van der Waals surface area contributed by atoms with Gasteiger partial charge in [-0.25, -0.2) is 5.06 Å². The van der Waals surface area contributed by atoms with Gasteiger partial charge in [-0.2, -0.15) is 0 Å². The molecule has 0 rings (SSSR count). The Hall–Kier alpha value is -1.71. The summed E-state index contributed by atoms with van der Waals surface area (Å²) in [5, 5.41) is 14.3. The van der Waals surface area contributed by atoms with Crippen molar-refractivity contribution in [2.24, 2.45) is 28.9 Å². The Labute approximate surface area is 187 Å². The van der Waals surface area contributed by atoms with Crippen LogP contribution in [-0.4, -0.2) is 67.5 Å². The molecule has 3 amide bonds. The molecule has 0 aromatic carbocycles. The molecule has 0 aliphatic rings. The molecule has 0 aromatic rings. The standard InChI is InChI=1S/C22H43N3O6/c1-8-17(25(29)21(28)16(13-15(2)3)14-18(23)26)19(22(4,5)6)20(27)24-9-10-31-12-11-30-7/h15-17,19,29H,8-14H2,1-7H3,(H2,23,26)(H,24,27)/t16-,17?,19+/m1/s1. The average molecular weight is 446 g/mol. The number of hydroxylamine groups is 2. The third-order valence-electron chi connectivity index (χ3n) is 5.09. The van der Waals surface area contributed by atoms with Crippen LogP contribution in [0.4, 0.5) is 0 Å². The molecule has 0 aliphatic heterocycles. The van der Waals surface area contributed by atoms with E-state index in [-0.39, 0.29) is 18.2 Å². The zero-order chi connectivity index (χ0) is 24.2. The normalized spacial score (nSPS) is 14.7. The monoisotopic (exact) mass is 445 g/mol. The number of amides is 3. The van der Waals surface area contributed by atoms with Gasteiger partial charge < -0.3 is 20.5 Å². The number of primary amides is 1. The van der Waals surface area contributed by atoms with Crippen LogP contribution in [0.3, 0.4) is 0 Å². The van der Waals surface area contributed by atoms with Crippen LogP contribution in [0.2, 0.25) is 0 Å². The van der Waals surface area contributed by atoms with Crippen LogP contribution in [0.1, 0.15) is 60.8 Å². The molecule has 31 heavy (non-hydrogen) atoms. The van der Waals surface area contributed by atoms with Crippen LogP contribution in [0, 0.1) is 23.2 Å². The first-order chi connectivity index (χ1) is 14.4. The number of hydrogen-bond donors (Lipinski definition) is 3.